The third kappa shape index (κ3) is 5.04. The van der Waals surface area contributed by atoms with Crippen LogP contribution in [0.3, 0.4) is 0 Å². The van der Waals surface area contributed by atoms with Crippen molar-refractivity contribution in [3.05, 3.63) is 41.2 Å². The molecule has 2 N–H and O–H groups in total. The number of allylic oxidation sites excluding steroid dienone is 1. The van der Waals surface area contributed by atoms with Crippen molar-refractivity contribution in [1.29, 1.82) is 0 Å². The van der Waals surface area contributed by atoms with Crippen molar-refractivity contribution in [2.45, 2.75) is 6.92 Å². The molecule has 0 aromatic heterocycles. The van der Waals surface area contributed by atoms with E-state index in [2.05, 4.69) is 35.5 Å². The summed E-state index contributed by atoms with van der Waals surface area (Å²) >= 11 is 1.47. The lowest BCUT2D eigenvalue weighted by molar-refractivity contribution is 0.303. The maximum atomic E-state index is 6.04. The number of fused-ring (bicyclic) bond motifs is 1. The summed E-state index contributed by atoms with van der Waals surface area (Å²) < 4.78 is 5.76. The lowest BCUT2D eigenvalue weighted by atomic mass is 10.2. The van der Waals surface area contributed by atoms with E-state index < -0.39 is 0 Å². The highest BCUT2D eigenvalue weighted by molar-refractivity contribution is 8.06. The Morgan fingerprint density at radius 1 is 1.50 bits per heavy atom. The maximum absolute atomic E-state index is 6.04. The second-order valence-electron chi connectivity index (χ2n) is 5.80. The average molecular weight is 347 g/mol. The zero-order valence-corrected chi connectivity index (χ0v) is 15.5. The summed E-state index contributed by atoms with van der Waals surface area (Å²) in [5.41, 5.74) is 7.93. The second kappa shape index (κ2) is 8.80. The fourth-order valence-corrected chi connectivity index (χ4v) is 2.76. The third-order valence-electron chi connectivity index (χ3n) is 3.60. The van der Waals surface area contributed by atoms with Crippen LogP contribution in [0.15, 0.2) is 46.2 Å². The number of ether oxygens (including phenoxy) is 1. The summed E-state index contributed by atoms with van der Waals surface area (Å²) in [6.45, 7) is 9.45. The number of aliphatic imine (C=N–C) groups is 1. The van der Waals surface area contributed by atoms with E-state index in [-0.39, 0.29) is 0 Å². The van der Waals surface area contributed by atoms with E-state index in [1.165, 1.54) is 11.8 Å². The Balaban J connectivity index is 2.19. The molecule has 1 aromatic carbocycles. The average Bonchev–Trinajstić information content (AvgIpc) is 2.57. The van der Waals surface area contributed by atoms with Gasteiger partial charge in [0.2, 0.25) is 0 Å². The van der Waals surface area contributed by atoms with Gasteiger partial charge in [0.15, 0.2) is 0 Å². The van der Waals surface area contributed by atoms with Gasteiger partial charge in [0, 0.05) is 18.0 Å². The lowest BCUT2D eigenvalue weighted by Gasteiger charge is -2.32. The Labute approximate surface area is 148 Å². The second-order valence-corrected chi connectivity index (χ2v) is 6.80. The molecule has 0 fully saturated rings. The standard InChI is InChI=1S/C18H26N4OS/c1-5-12-24-14(2)18(19)20-15-6-7-17-16(13-15)22(10-11-23-17)9-8-21(3)4/h5-7,12-13H,2,8-11H2,1,3-4H3,(H2,19,20). The minimum atomic E-state index is 0.439. The number of nitrogens with zero attached hydrogens (tertiary/aromatic N) is 3. The van der Waals surface area contributed by atoms with Crippen LogP contribution in [0.1, 0.15) is 6.92 Å². The Morgan fingerprint density at radius 3 is 3.00 bits per heavy atom. The first kappa shape index (κ1) is 18.4. The van der Waals surface area contributed by atoms with Crippen molar-refractivity contribution in [2.75, 3.05) is 45.2 Å². The number of hydrogen-bond acceptors (Lipinski definition) is 5. The monoisotopic (exact) mass is 346 g/mol. The van der Waals surface area contributed by atoms with Crippen LogP contribution in [0.5, 0.6) is 5.75 Å². The summed E-state index contributed by atoms with van der Waals surface area (Å²) in [6.07, 6.45) is 1.95. The molecule has 1 aliphatic heterocycles. The zero-order valence-electron chi connectivity index (χ0n) is 14.7. The molecule has 0 aliphatic carbocycles. The molecule has 0 bridgehead atoms. The summed E-state index contributed by atoms with van der Waals surface area (Å²) in [7, 11) is 4.16. The molecule has 0 spiro atoms. The van der Waals surface area contributed by atoms with Gasteiger partial charge < -0.3 is 20.3 Å². The molecule has 0 atom stereocenters. The number of likely N-dealkylation sites (N-methyl/N-ethyl adjacent to an activating group) is 1. The first-order valence-electron chi connectivity index (χ1n) is 7.99. The first-order chi connectivity index (χ1) is 11.5. The molecule has 0 saturated carbocycles. The van der Waals surface area contributed by atoms with Crippen LogP contribution in [0.25, 0.3) is 0 Å². The molecular weight excluding hydrogens is 320 g/mol. The molecule has 0 saturated heterocycles. The molecule has 0 amide bonds. The van der Waals surface area contributed by atoms with Gasteiger partial charge in [-0.1, -0.05) is 24.4 Å². The van der Waals surface area contributed by atoms with E-state index >= 15 is 0 Å². The SMILES string of the molecule is C=C(SC=CC)C(N)=Nc1ccc2c(c1)N(CCN(C)C)CCO2. The molecule has 0 unspecified atom stereocenters. The quantitative estimate of drug-likeness (QED) is 0.607. The number of amidine groups is 1. The molecule has 6 heteroatoms. The third-order valence-corrected chi connectivity index (χ3v) is 4.50. The summed E-state index contributed by atoms with van der Waals surface area (Å²) in [6, 6.07) is 5.92. The minimum Gasteiger partial charge on any atom is -0.490 e. The number of hydrogen-bond donors (Lipinski definition) is 1. The molecule has 24 heavy (non-hydrogen) atoms. The van der Waals surface area contributed by atoms with Crippen LogP contribution >= 0.6 is 11.8 Å². The maximum Gasteiger partial charge on any atom is 0.142 e. The topological polar surface area (TPSA) is 54.1 Å². The normalized spacial score (nSPS) is 14.8. The van der Waals surface area contributed by atoms with Gasteiger partial charge in [-0.3, -0.25) is 0 Å². The van der Waals surface area contributed by atoms with Gasteiger partial charge in [0.05, 0.1) is 17.9 Å². The van der Waals surface area contributed by atoms with E-state index in [0.717, 1.165) is 41.7 Å². The molecule has 130 valence electrons. The van der Waals surface area contributed by atoms with Crippen molar-refractivity contribution in [1.82, 2.24) is 4.90 Å². The van der Waals surface area contributed by atoms with Crippen molar-refractivity contribution in [3.8, 4) is 5.75 Å². The minimum absolute atomic E-state index is 0.439. The molecule has 2 rings (SSSR count). The van der Waals surface area contributed by atoms with Crippen LogP contribution in [0.4, 0.5) is 11.4 Å². The van der Waals surface area contributed by atoms with Crippen molar-refractivity contribution in [3.63, 3.8) is 0 Å². The first-order valence-corrected chi connectivity index (χ1v) is 8.87. The highest BCUT2D eigenvalue weighted by Gasteiger charge is 2.18. The van der Waals surface area contributed by atoms with Gasteiger partial charge in [0.25, 0.3) is 0 Å². The molecule has 5 nitrogen and oxygen atoms in total. The van der Waals surface area contributed by atoms with Crippen molar-refractivity contribution < 1.29 is 4.74 Å². The molecule has 0 radical (unpaired) electrons. The fraction of sp³-hybridized carbons (Fsp3) is 0.389. The van der Waals surface area contributed by atoms with E-state index in [9.17, 15) is 0 Å². The summed E-state index contributed by atoms with van der Waals surface area (Å²) in [5.74, 6) is 1.34. The largest absolute Gasteiger partial charge is 0.490 e. The number of thioether (sulfide) groups is 1. The van der Waals surface area contributed by atoms with Gasteiger partial charge in [-0.15, -0.1) is 0 Å². The number of anilines is 1. The van der Waals surface area contributed by atoms with Gasteiger partial charge in [0.1, 0.15) is 18.2 Å². The Bertz CT molecular complexity index is 640. The van der Waals surface area contributed by atoms with Crippen molar-refractivity contribution in [2.24, 2.45) is 10.7 Å². The number of nitrogens with two attached hydrogens (primary N) is 1. The van der Waals surface area contributed by atoms with Crippen LogP contribution < -0.4 is 15.4 Å². The van der Waals surface area contributed by atoms with E-state index in [0.29, 0.717) is 12.4 Å². The van der Waals surface area contributed by atoms with Gasteiger partial charge in [-0.2, -0.15) is 0 Å². The predicted octanol–water partition coefficient (Wildman–Crippen LogP) is 3.22. The fourth-order valence-electron chi connectivity index (χ4n) is 2.30. The smallest absolute Gasteiger partial charge is 0.142 e. The van der Waals surface area contributed by atoms with Gasteiger partial charge >= 0.3 is 0 Å². The van der Waals surface area contributed by atoms with Crippen LogP contribution in [-0.4, -0.2) is 51.1 Å². The van der Waals surface area contributed by atoms with E-state index in [4.69, 9.17) is 10.5 Å². The Kier molecular flexibility index (Phi) is 6.75. The van der Waals surface area contributed by atoms with Crippen LogP contribution in [0.2, 0.25) is 0 Å². The predicted molar refractivity (Wildman–Crippen MR) is 106 cm³/mol. The van der Waals surface area contributed by atoms with Crippen molar-refractivity contribution >= 4 is 29.0 Å². The molecule has 1 aromatic rings. The van der Waals surface area contributed by atoms with Gasteiger partial charge in [-0.05, 0) is 44.6 Å². The van der Waals surface area contributed by atoms with Crippen LogP contribution in [-0.2, 0) is 0 Å². The molecule has 1 aliphatic rings. The molecule has 1 heterocycles. The van der Waals surface area contributed by atoms with Crippen LogP contribution in [0, 0.1) is 0 Å². The lowest BCUT2D eigenvalue weighted by Crippen LogP contribution is -2.37. The number of rotatable bonds is 7. The zero-order chi connectivity index (χ0) is 17.5. The Morgan fingerprint density at radius 2 is 2.29 bits per heavy atom. The van der Waals surface area contributed by atoms with E-state index in [1.54, 1.807) is 0 Å². The number of benzene rings is 1. The summed E-state index contributed by atoms with van der Waals surface area (Å²) in [4.78, 5) is 9.75. The molecular formula is C18H26N4OS. The van der Waals surface area contributed by atoms with E-state index in [1.807, 2.05) is 36.6 Å². The van der Waals surface area contributed by atoms with Gasteiger partial charge in [-0.25, -0.2) is 4.99 Å². The Hall–Kier alpha value is -1.92. The highest BCUT2D eigenvalue weighted by atomic mass is 32.2. The summed E-state index contributed by atoms with van der Waals surface area (Å²) in [5, 5.41) is 1.94. The highest BCUT2D eigenvalue weighted by Crippen LogP contribution is 2.35.